The summed E-state index contributed by atoms with van der Waals surface area (Å²) in [7, 11) is 0. The van der Waals surface area contributed by atoms with Crippen LogP contribution in [0.3, 0.4) is 0 Å². The lowest BCUT2D eigenvalue weighted by Crippen LogP contribution is -2.47. The monoisotopic (exact) mass is 316 g/mol. The summed E-state index contributed by atoms with van der Waals surface area (Å²) >= 11 is 0. The van der Waals surface area contributed by atoms with E-state index in [1.165, 1.54) is 17.0 Å². The zero-order chi connectivity index (χ0) is 17.4. The second-order valence-electron chi connectivity index (χ2n) is 6.96. The summed E-state index contributed by atoms with van der Waals surface area (Å²) in [6.07, 6.45) is -0.480. The van der Waals surface area contributed by atoms with E-state index in [9.17, 15) is 14.9 Å². The fourth-order valence-electron chi connectivity index (χ4n) is 2.64. The molecule has 6 nitrogen and oxygen atoms in total. The zero-order valence-corrected chi connectivity index (χ0v) is 13.7. The van der Waals surface area contributed by atoms with Crippen molar-refractivity contribution in [1.82, 2.24) is 4.90 Å². The Morgan fingerprint density at radius 2 is 2.04 bits per heavy atom. The summed E-state index contributed by atoms with van der Waals surface area (Å²) in [5.41, 5.74) is -0.0458. The van der Waals surface area contributed by atoms with Crippen LogP contribution in [0, 0.1) is 11.3 Å². The summed E-state index contributed by atoms with van der Waals surface area (Å²) in [5.74, 6) is -1.04. The van der Waals surface area contributed by atoms with Crippen molar-refractivity contribution < 1.29 is 19.4 Å². The van der Waals surface area contributed by atoms with Gasteiger partial charge < -0.3 is 14.7 Å². The van der Waals surface area contributed by atoms with Crippen molar-refractivity contribution in [3.8, 4) is 6.07 Å². The lowest BCUT2D eigenvalue weighted by Gasteiger charge is -2.38. The SMILES string of the molecule is CC(C)(C)OC(=O)N1Cc2ccc(C(=O)O)cc2C(C)(C#N)C1. The predicted molar refractivity (Wildman–Crippen MR) is 83.0 cm³/mol. The van der Waals surface area contributed by atoms with Crippen molar-refractivity contribution in [3.05, 3.63) is 34.9 Å². The van der Waals surface area contributed by atoms with Crippen LogP contribution >= 0.6 is 0 Å². The first kappa shape index (κ1) is 16.8. The second kappa shape index (κ2) is 5.58. The van der Waals surface area contributed by atoms with Gasteiger partial charge in [-0.2, -0.15) is 5.26 Å². The molecule has 1 aliphatic rings. The molecule has 23 heavy (non-hydrogen) atoms. The van der Waals surface area contributed by atoms with E-state index in [1.807, 2.05) is 0 Å². The summed E-state index contributed by atoms with van der Waals surface area (Å²) in [5, 5.41) is 18.7. The molecular formula is C17H20N2O4. The molecule has 0 aliphatic carbocycles. The van der Waals surface area contributed by atoms with Crippen LogP contribution in [-0.2, 0) is 16.7 Å². The number of nitriles is 1. The van der Waals surface area contributed by atoms with Gasteiger partial charge in [0, 0.05) is 13.1 Å². The maximum Gasteiger partial charge on any atom is 0.410 e. The average Bonchev–Trinajstić information content (AvgIpc) is 2.44. The number of benzene rings is 1. The van der Waals surface area contributed by atoms with Gasteiger partial charge in [0.25, 0.3) is 0 Å². The number of rotatable bonds is 1. The molecule has 1 aliphatic heterocycles. The first-order valence-corrected chi connectivity index (χ1v) is 7.31. The molecule has 0 radical (unpaired) electrons. The highest BCUT2D eigenvalue weighted by Crippen LogP contribution is 2.34. The molecule has 1 heterocycles. The molecule has 1 N–H and O–H groups in total. The van der Waals surface area contributed by atoms with Crippen LogP contribution < -0.4 is 0 Å². The number of ether oxygens (including phenoxy) is 1. The number of hydrogen-bond acceptors (Lipinski definition) is 4. The van der Waals surface area contributed by atoms with Gasteiger partial charge in [0.15, 0.2) is 0 Å². The van der Waals surface area contributed by atoms with Gasteiger partial charge in [-0.15, -0.1) is 0 Å². The Kier molecular flexibility index (Phi) is 4.08. The zero-order valence-electron chi connectivity index (χ0n) is 13.7. The standard InChI is InChI=1S/C17H20N2O4/c1-16(2,3)23-15(22)19-8-12-6-5-11(14(20)21)7-13(12)17(4,9-18)10-19/h5-7H,8,10H2,1-4H3,(H,20,21). The van der Waals surface area contributed by atoms with E-state index in [1.54, 1.807) is 33.8 Å². The maximum atomic E-state index is 12.3. The van der Waals surface area contributed by atoms with E-state index >= 15 is 0 Å². The molecule has 0 fully saturated rings. The van der Waals surface area contributed by atoms with Crippen molar-refractivity contribution in [1.29, 1.82) is 5.26 Å². The highest BCUT2D eigenvalue weighted by Gasteiger charge is 2.39. The molecule has 2 rings (SSSR count). The van der Waals surface area contributed by atoms with Gasteiger partial charge in [-0.05, 0) is 51.0 Å². The minimum absolute atomic E-state index is 0.135. The third-order valence-electron chi connectivity index (χ3n) is 3.72. The molecule has 122 valence electrons. The van der Waals surface area contributed by atoms with Crippen LogP contribution in [0.25, 0.3) is 0 Å². The Morgan fingerprint density at radius 1 is 1.39 bits per heavy atom. The van der Waals surface area contributed by atoms with E-state index < -0.39 is 23.1 Å². The third-order valence-corrected chi connectivity index (χ3v) is 3.72. The maximum absolute atomic E-state index is 12.3. The largest absolute Gasteiger partial charge is 0.478 e. The number of carboxylic acids is 1. The Balaban J connectivity index is 2.39. The Morgan fingerprint density at radius 3 is 2.57 bits per heavy atom. The second-order valence-corrected chi connectivity index (χ2v) is 6.96. The van der Waals surface area contributed by atoms with Crippen LogP contribution in [0.2, 0.25) is 0 Å². The van der Waals surface area contributed by atoms with Crippen molar-refractivity contribution >= 4 is 12.1 Å². The van der Waals surface area contributed by atoms with Crippen molar-refractivity contribution in [2.45, 2.75) is 45.3 Å². The summed E-state index contributed by atoms with van der Waals surface area (Å²) in [6.45, 7) is 7.51. The lowest BCUT2D eigenvalue weighted by atomic mass is 9.77. The fraction of sp³-hybridized carbons (Fsp3) is 0.471. The first-order chi connectivity index (χ1) is 10.6. The number of amides is 1. The minimum Gasteiger partial charge on any atom is -0.478 e. The first-order valence-electron chi connectivity index (χ1n) is 7.31. The van der Waals surface area contributed by atoms with Crippen LogP contribution in [0.4, 0.5) is 4.79 Å². The third kappa shape index (κ3) is 3.45. The molecule has 1 amide bonds. The molecule has 1 unspecified atom stereocenters. The van der Waals surface area contributed by atoms with Crippen molar-refractivity contribution in [2.75, 3.05) is 6.54 Å². The molecule has 0 spiro atoms. The topological polar surface area (TPSA) is 90.6 Å². The molecular weight excluding hydrogens is 296 g/mol. The van der Waals surface area contributed by atoms with E-state index in [-0.39, 0.29) is 12.1 Å². The Labute approximate surface area is 135 Å². The number of nitrogens with zero attached hydrogens (tertiary/aromatic N) is 2. The van der Waals surface area contributed by atoms with Crippen LogP contribution in [-0.4, -0.2) is 34.2 Å². The summed E-state index contributed by atoms with van der Waals surface area (Å²) in [6, 6.07) is 6.87. The van der Waals surface area contributed by atoms with Crippen LogP contribution in [0.15, 0.2) is 18.2 Å². The quantitative estimate of drug-likeness (QED) is 0.860. The number of carbonyl (C=O) groups excluding carboxylic acids is 1. The lowest BCUT2D eigenvalue weighted by molar-refractivity contribution is 0.0187. The van der Waals surface area contributed by atoms with Gasteiger partial charge in [0.1, 0.15) is 5.60 Å². The summed E-state index contributed by atoms with van der Waals surface area (Å²) in [4.78, 5) is 24.9. The summed E-state index contributed by atoms with van der Waals surface area (Å²) < 4.78 is 5.38. The van der Waals surface area contributed by atoms with Gasteiger partial charge in [-0.3, -0.25) is 0 Å². The van der Waals surface area contributed by atoms with E-state index in [4.69, 9.17) is 9.84 Å². The van der Waals surface area contributed by atoms with E-state index in [0.717, 1.165) is 5.56 Å². The molecule has 6 heteroatoms. The van der Waals surface area contributed by atoms with Gasteiger partial charge in [0.05, 0.1) is 17.0 Å². The molecule has 1 atom stereocenters. The number of carbonyl (C=O) groups is 2. The number of hydrogen-bond donors (Lipinski definition) is 1. The molecule has 0 saturated carbocycles. The van der Waals surface area contributed by atoms with Gasteiger partial charge in [0.2, 0.25) is 0 Å². The van der Waals surface area contributed by atoms with Crippen molar-refractivity contribution in [2.24, 2.45) is 0 Å². The van der Waals surface area contributed by atoms with Gasteiger partial charge in [-0.25, -0.2) is 9.59 Å². The average molecular weight is 316 g/mol. The number of carboxylic acid groups (broad SMARTS) is 1. The smallest absolute Gasteiger partial charge is 0.410 e. The number of aromatic carboxylic acids is 1. The molecule has 0 aromatic heterocycles. The predicted octanol–water partition coefficient (Wildman–Crippen LogP) is 2.92. The van der Waals surface area contributed by atoms with Crippen LogP contribution in [0.1, 0.15) is 49.2 Å². The molecule has 0 saturated heterocycles. The Bertz CT molecular complexity index is 700. The highest BCUT2D eigenvalue weighted by atomic mass is 16.6. The molecule has 1 aromatic rings. The van der Waals surface area contributed by atoms with E-state index in [2.05, 4.69) is 6.07 Å². The van der Waals surface area contributed by atoms with Crippen molar-refractivity contribution in [3.63, 3.8) is 0 Å². The van der Waals surface area contributed by atoms with Crippen LogP contribution in [0.5, 0.6) is 0 Å². The molecule has 1 aromatic carbocycles. The molecule has 0 bridgehead atoms. The Hall–Kier alpha value is -2.55. The number of fused-ring (bicyclic) bond motifs is 1. The minimum atomic E-state index is -1.04. The fourth-order valence-corrected chi connectivity index (χ4v) is 2.64. The van der Waals surface area contributed by atoms with Gasteiger partial charge in [-0.1, -0.05) is 6.07 Å². The normalized spacial score (nSPS) is 20.4. The van der Waals surface area contributed by atoms with E-state index in [0.29, 0.717) is 12.1 Å². The van der Waals surface area contributed by atoms with Gasteiger partial charge >= 0.3 is 12.1 Å². The highest BCUT2D eigenvalue weighted by molar-refractivity contribution is 5.88.